The molecule has 1 heterocycles. The van der Waals surface area contributed by atoms with E-state index in [0.717, 1.165) is 5.56 Å². The van der Waals surface area contributed by atoms with E-state index in [-0.39, 0.29) is 17.2 Å². The minimum absolute atomic E-state index is 0.0551. The van der Waals surface area contributed by atoms with Crippen LogP contribution in [-0.2, 0) is 16.8 Å². The average Bonchev–Trinajstić information content (AvgIpc) is 2.91. The molecule has 1 N–H and O–H groups in total. The lowest BCUT2D eigenvalue weighted by Crippen LogP contribution is -2.19. The van der Waals surface area contributed by atoms with Crippen molar-refractivity contribution in [2.75, 3.05) is 11.1 Å². The van der Waals surface area contributed by atoms with E-state index in [9.17, 15) is 18.0 Å². The third kappa shape index (κ3) is 6.12. The number of hydrogen-bond acceptors (Lipinski definition) is 3. The van der Waals surface area contributed by atoms with E-state index in [2.05, 4.69) is 31.2 Å². The van der Waals surface area contributed by atoms with Crippen LogP contribution >= 0.6 is 11.8 Å². The zero-order chi connectivity index (χ0) is 18.7. The monoisotopic (exact) mass is 371 g/mol. The molecule has 2 aromatic rings. The Bertz CT molecular complexity index is 718. The zero-order valence-corrected chi connectivity index (χ0v) is 15.0. The predicted molar refractivity (Wildman–Crippen MR) is 93.6 cm³/mol. The first kappa shape index (κ1) is 19.4. The molecular formula is C17H20F3N3OS. The first-order valence-electron chi connectivity index (χ1n) is 7.66. The Morgan fingerprint density at radius 2 is 1.80 bits per heavy atom. The molecule has 4 nitrogen and oxygen atoms in total. The highest BCUT2D eigenvalue weighted by molar-refractivity contribution is 8.00. The number of thioether (sulfide) groups is 1. The molecule has 1 amide bonds. The summed E-state index contributed by atoms with van der Waals surface area (Å²) in [5.74, 6) is -1.03. The molecule has 2 rings (SSSR count). The molecule has 0 aliphatic heterocycles. The van der Waals surface area contributed by atoms with E-state index in [1.807, 2.05) is 24.3 Å². The predicted octanol–water partition coefficient (Wildman–Crippen LogP) is 4.42. The van der Waals surface area contributed by atoms with Crippen molar-refractivity contribution < 1.29 is 18.0 Å². The molecule has 136 valence electrons. The second kappa shape index (κ2) is 7.51. The number of aromatic nitrogens is 2. The molecule has 0 saturated heterocycles. The molecule has 0 saturated carbocycles. The van der Waals surface area contributed by atoms with E-state index in [4.69, 9.17) is 0 Å². The number of rotatable bonds is 5. The Morgan fingerprint density at radius 1 is 1.16 bits per heavy atom. The summed E-state index contributed by atoms with van der Waals surface area (Å²) in [6, 6.07) is 9.59. The molecule has 0 spiro atoms. The van der Waals surface area contributed by atoms with Crippen molar-refractivity contribution in [3.05, 3.63) is 47.7 Å². The maximum atomic E-state index is 12.1. The maximum absolute atomic E-state index is 12.1. The summed E-state index contributed by atoms with van der Waals surface area (Å²) in [4.78, 5) is 11.6. The number of anilines is 1. The molecule has 0 aliphatic rings. The summed E-state index contributed by atoms with van der Waals surface area (Å²) in [5, 5.41) is 6.58. The van der Waals surface area contributed by atoms with Crippen LogP contribution in [0, 0.1) is 0 Å². The summed E-state index contributed by atoms with van der Waals surface area (Å²) >= 11 is -0.364. The third-order valence-corrected chi connectivity index (χ3v) is 4.24. The highest BCUT2D eigenvalue weighted by Gasteiger charge is 2.29. The second-order valence-corrected chi connectivity index (χ2v) is 7.64. The van der Waals surface area contributed by atoms with Gasteiger partial charge in [0.2, 0.25) is 5.91 Å². The van der Waals surface area contributed by atoms with Crippen molar-refractivity contribution in [3.63, 3.8) is 0 Å². The highest BCUT2D eigenvalue weighted by Crippen LogP contribution is 2.30. The normalized spacial score (nSPS) is 12.2. The van der Waals surface area contributed by atoms with Gasteiger partial charge < -0.3 is 5.32 Å². The first-order valence-corrected chi connectivity index (χ1v) is 8.65. The minimum atomic E-state index is -4.42. The van der Waals surface area contributed by atoms with E-state index in [1.54, 1.807) is 10.7 Å². The summed E-state index contributed by atoms with van der Waals surface area (Å²) in [6.45, 7) is 6.80. The van der Waals surface area contributed by atoms with E-state index in [0.29, 0.717) is 12.4 Å². The number of nitrogens with zero attached hydrogens (tertiary/aromatic N) is 2. The van der Waals surface area contributed by atoms with Gasteiger partial charge in [0.05, 0.1) is 18.5 Å². The number of amides is 1. The maximum Gasteiger partial charge on any atom is 0.442 e. The van der Waals surface area contributed by atoms with Crippen molar-refractivity contribution >= 4 is 23.5 Å². The Labute approximate surface area is 148 Å². The lowest BCUT2D eigenvalue weighted by Gasteiger charge is -2.19. The van der Waals surface area contributed by atoms with Gasteiger partial charge in [-0.1, -0.05) is 45.0 Å². The standard InChI is InChI=1S/C17H20F3N3OS/c1-16(2,3)13-6-4-12(5-7-13)10-23-14(8-9-21-23)22-15(24)11-25-17(18,19)20/h4-9H,10-11H2,1-3H3,(H,22,24). The van der Waals surface area contributed by atoms with Gasteiger partial charge in [0, 0.05) is 6.07 Å². The first-order chi connectivity index (χ1) is 11.5. The van der Waals surface area contributed by atoms with Gasteiger partial charge in [-0.3, -0.25) is 4.79 Å². The van der Waals surface area contributed by atoms with Crippen molar-refractivity contribution in [2.45, 2.75) is 38.2 Å². The number of alkyl halides is 3. The summed E-state index contributed by atoms with van der Waals surface area (Å²) in [6.07, 6.45) is 1.50. The van der Waals surface area contributed by atoms with Crippen molar-refractivity contribution in [1.29, 1.82) is 0 Å². The average molecular weight is 371 g/mol. The van der Waals surface area contributed by atoms with Gasteiger partial charge in [-0.25, -0.2) is 4.68 Å². The second-order valence-electron chi connectivity index (χ2n) is 6.60. The molecule has 1 aromatic heterocycles. The van der Waals surface area contributed by atoms with Crippen molar-refractivity contribution in [2.24, 2.45) is 0 Å². The molecule has 0 aliphatic carbocycles. The lowest BCUT2D eigenvalue weighted by atomic mass is 9.87. The van der Waals surface area contributed by atoms with E-state index < -0.39 is 17.2 Å². The zero-order valence-electron chi connectivity index (χ0n) is 14.2. The van der Waals surface area contributed by atoms with Crippen molar-refractivity contribution in [1.82, 2.24) is 9.78 Å². The molecular weight excluding hydrogens is 351 g/mol. The van der Waals surface area contributed by atoms with Crippen LogP contribution in [0.3, 0.4) is 0 Å². The Hall–Kier alpha value is -1.96. The molecule has 8 heteroatoms. The van der Waals surface area contributed by atoms with Crippen LogP contribution in [-0.4, -0.2) is 26.9 Å². The van der Waals surface area contributed by atoms with Crippen LogP contribution in [0.4, 0.5) is 19.0 Å². The number of benzene rings is 1. The molecule has 0 bridgehead atoms. The molecule has 0 unspecified atom stereocenters. The SMILES string of the molecule is CC(C)(C)c1ccc(Cn2nccc2NC(=O)CSC(F)(F)F)cc1. The molecule has 1 aromatic carbocycles. The number of hydrogen-bond donors (Lipinski definition) is 1. The van der Waals surface area contributed by atoms with Crippen LogP contribution < -0.4 is 5.32 Å². The van der Waals surface area contributed by atoms with Gasteiger partial charge >= 0.3 is 5.51 Å². The van der Waals surface area contributed by atoms with E-state index in [1.165, 1.54) is 11.8 Å². The Balaban J connectivity index is 2.00. The number of carbonyl (C=O) groups excluding carboxylic acids is 1. The summed E-state index contributed by atoms with van der Waals surface area (Å²) in [7, 11) is 0. The van der Waals surface area contributed by atoms with Gasteiger partial charge in [0.25, 0.3) is 0 Å². The largest absolute Gasteiger partial charge is 0.442 e. The fourth-order valence-corrected chi connectivity index (χ4v) is 2.54. The lowest BCUT2D eigenvalue weighted by molar-refractivity contribution is -0.114. The van der Waals surface area contributed by atoms with Gasteiger partial charge in [-0.2, -0.15) is 18.3 Å². The number of halogens is 3. The minimum Gasteiger partial charge on any atom is -0.310 e. The number of nitrogens with one attached hydrogen (secondary N) is 1. The third-order valence-electron chi connectivity index (χ3n) is 3.50. The number of carbonyl (C=O) groups is 1. The van der Waals surface area contributed by atoms with Crippen LogP contribution in [0.25, 0.3) is 0 Å². The molecule has 0 fully saturated rings. The topological polar surface area (TPSA) is 46.9 Å². The molecule has 25 heavy (non-hydrogen) atoms. The van der Waals surface area contributed by atoms with Crippen molar-refractivity contribution in [3.8, 4) is 0 Å². The van der Waals surface area contributed by atoms with Gasteiger partial charge in [-0.15, -0.1) is 0 Å². The van der Waals surface area contributed by atoms with Crippen LogP contribution in [0.15, 0.2) is 36.5 Å². The molecule has 0 radical (unpaired) electrons. The van der Waals surface area contributed by atoms with Crippen LogP contribution in [0.1, 0.15) is 31.9 Å². The fraction of sp³-hybridized carbons (Fsp3) is 0.412. The Morgan fingerprint density at radius 3 is 2.36 bits per heavy atom. The smallest absolute Gasteiger partial charge is 0.310 e. The fourth-order valence-electron chi connectivity index (χ4n) is 2.17. The Kier molecular flexibility index (Phi) is 5.82. The quantitative estimate of drug-likeness (QED) is 0.846. The highest BCUT2D eigenvalue weighted by atomic mass is 32.2. The molecule has 0 atom stereocenters. The van der Waals surface area contributed by atoms with Gasteiger partial charge in [0.1, 0.15) is 5.82 Å². The summed E-state index contributed by atoms with van der Waals surface area (Å²) < 4.78 is 38.0. The van der Waals surface area contributed by atoms with E-state index >= 15 is 0 Å². The summed E-state index contributed by atoms with van der Waals surface area (Å²) in [5.41, 5.74) is -2.18. The van der Waals surface area contributed by atoms with Crippen LogP contribution in [0.5, 0.6) is 0 Å². The van der Waals surface area contributed by atoms with Gasteiger partial charge in [0.15, 0.2) is 0 Å². The van der Waals surface area contributed by atoms with Gasteiger partial charge in [-0.05, 0) is 28.3 Å². The van der Waals surface area contributed by atoms with Crippen LogP contribution in [0.2, 0.25) is 0 Å².